The zero-order valence-corrected chi connectivity index (χ0v) is 24.7. The number of carbonyl (C=O) groups excluding carboxylic acids is 2. The predicted octanol–water partition coefficient (Wildman–Crippen LogP) is 6.10. The number of carbonyl (C=O) groups is 2. The summed E-state index contributed by atoms with van der Waals surface area (Å²) in [6.45, 7) is 7.63. The monoisotopic (exact) mass is 593 g/mol. The normalized spacial score (nSPS) is 21.7. The fourth-order valence-corrected chi connectivity index (χ4v) is 5.80. The quantitative estimate of drug-likeness (QED) is 0.327. The molecule has 2 aromatic carbocycles. The Morgan fingerprint density at radius 1 is 1.10 bits per heavy atom. The lowest BCUT2D eigenvalue weighted by atomic mass is 9.80. The van der Waals surface area contributed by atoms with E-state index in [0.29, 0.717) is 48.8 Å². The number of methoxy groups -OCH3 is 1. The molecule has 0 radical (unpaired) electrons. The highest BCUT2D eigenvalue weighted by Gasteiger charge is 2.49. The Balaban J connectivity index is 1.39. The van der Waals surface area contributed by atoms with Gasteiger partial charge in [-0.15, -0.1) is 0 Å². The van der Waals surface area contributed by atoms with Crippen molar-refractivity contribution in [3.8, 4) is 5.75 Å². The molecule has 2 aliphatic rings. The molecule has 0 aromatic heterocycles. The molecule has 2 aromatic rings. The van der Waals surface area contributed by atoms with Crippen LogP contribution in [0, 0.1) is 17.7 Å². The number of ether oxygens (including phenoxy) is 1. The second-order valence-corrected chi connectivity index (χ2v) is 12.6. The minimum atomic E-state index is -2.78. The van der Waals surface area contributed by atoms with Gasteiger partial charge in [0.15, 0.2) is 0 Å². The van der Waals surface area contributed by atoms with E-state index < -0.39 is 48.4 Å². The second-order valence-electron chi connectivity index (χ2n) is 12.2. The number of amides is 2. The molecule has 41 heavy (non-hydrogen) atoms. The summed E-state index contributed by atoms with van der Waals surface area (Å²) >= 11 is 6.03. The number of hydrogen-bond acceptors (Lipinski definition) is 4. The Morgan fingerprint density at radius 2 is 1.78 bits per heavy atom. The van der Waals surface area contributed by atoms with Crippen LogP contribution < -0.4 is 15.4 Å². The van der Waals surface area contributed by atoms with Gasteiger partial charge in [-0.2, -0.15) is 0 Å². The maximum absolute atomic E-state index is 15.0. The summed E-state index contributed by atoms with van der Waals surface area (Å²) < 4.78 is 46.8. The molecule has 2 fully saturated rings. The van der Waals surface area contributed by atoms with Crippen LogP contribution in [-0.4, -0.2) is 54.9 Å². The summed E-state index contributed by atoms with van der Waals surface area (Å²) in [5, 5.41) is 6.48. The molecule has 2 amide bonds. The van der Waals surface area contributed by atoms with Crippen molar-refractivity contribution in [3.63, 3.8) is 0 Å². The fourth-order valence-electron chi connectivity index (χ4n) is 5.67. The van der Waals surface area contributed by atoms with Crippen LogP contribution in [0.3, 0.4) is 0 Å². The lowest BCUT2D eigenvalue weighted by molar-refractivity contribution is -0.150. The van der Waals surface area contributed by atoms with Crippen molar-refractivity contribution in [1.82, 2.24) is 15.5 Å². The van der Waals surface area contributed by atoms with Gasteiger partial charge in [0, 0.05) is 60.9 Å². The Kier molecular flexibility index (Phi) is 9.59. The number of alkyl halides is 2. The van der Waals surface area contributed by atoms with Gasteiger partial charge in [0.2, 0.25) is 17.7 Å². The van der Waals surface area contributed by atoms with Crippen molar-refractivity contribution >= 4 is 23.4 Å². The number of nitrogens with one attached hydrogen (secondary N) is 2. The van der Waals surface area contributed by atoms with Crippen LogP contribution in [0.2, 0.25) is 5.02 Å². The molecule has 0 spiro atoms. The molecule has 1 aliphatic carbocycles. The number of benzene rings is 2. The lowest BCUT2D eigenvalue weighted by Gasteiger charge is -2.35. The molecule has 1 saturated heterocycles. The molecule has 3 atom stereocenters. The van der Waals surface area contributed by atoms with Gasteiger partial charge in [-0.25, -0.2) is 13.2 Å². The summed E-state index contributed by atoms with van der Waals surface area (Å²) in [7, 11) is 1.48. The van der Waals surface area contributed by atoms with E-state index >= 15 is 4.39 Å². The van der Waals surface area contributed by atoms with Crippen molar-refractivity contribution in [1.29, 1.82) is 0 Å². The highest BCUT2D eigenvalue weighted by Crippen LogP contribution is 2.43. The fraction of sp³-hybridized carbons (Fsp3) is 0.548. The van der Waals surface area contributed by atoms with Crippen LogP contribution in [-0.2, 0) is 9.59 Å². The summed E-state index contributed by atoms with van der Waals surface area (Å²) in [4.78, 5) is 28.3. The first-order valence-electron chi connectivity index (χ1n) is 14.1. The van der Waals surface area contributed by atoms with Gasteiger partial charge in [0.25, 0.3) is 0 Å². The van der Waals surface area contributed by atoms with E-state index in [1.807, 2.05) is 0 Å². The largest absolute Gasteiger partial charge is 0.497 e. The third-order valence-corrected chi connectivity index (χ3v) is 8.48. The summed E-state index contributed by atoms with van der Waals surface area (Å²) in [6, 6.07) is 11.4. The maximum Gasteiger partial charge on any atom is 0.249 e. The number of rotatable bonds is 10. The first-order valence-corrected chi connectivity index (χ1v) is 14.4. The van der Waals surface area contributed by atoms with Gasteiger partial charge in [-0.1, -0.05) is 29.8 Å². The van der Waals surface area contributed by atoms with Crippen LogP contribution in [0.25, 0.3) is 0 Å². The van der Waals surface area contributed by atoms with E-state index in [2.05, 4.69) is 36.3 Å². The van der Waals surface area contributed by atoms with Crippen LogP contribution >= 0.6 is 11.6 Å². The average Bonchev–Trinajstić information content (AvgIpc) is 3.35. The Labute approximate surface area is 245 Å². The van der Waals surface area contributed by atoms with Gasteiger partial charge in [-0.05, 0) is 62.9 Å². The van der Waals surface area contributed by atoms with Gasteiger partial charge in [0.05, 0.1) is 19.1 Å². The topological polar surface area (TPSA) is 70.7 Å². The molecule has 6 nitrogen and oxygen atoms in total. The van der Waals surface area contributed by atoms with Gasteiger partial charge in [0.1, 0.15) is 11.6 Å². The first kappa shape index (κ1) is 31.2. The van der Waals surface area contributed by atoms with E-state index in [0.717, 1.165) is 5.56 Å². The molecule has 1 aliphatic heterocycles. The molecule has 1 saturated carbocycles. The number of likely N-dealkylation sites (tertiary alicyclic amines) is 1. The van der Waals surface area contributed by atoms with E-state index in [1.165, 1.54) is 13.2 Å². The second kappa shape index (κ2) is 12.6. The molecule has 1 heterocycles. The Hall–Kier alpha value is -2.78. The third kappa shape index (κ3) is 7.74. The molecule has 4 rings (SSSR count). The SMILES string of the molecule is COc1ccc(C2CN(C(C)(C)C)C[C@H]2C(=O)NCCCC(NC(=O)C2CC(F)(F)C2)c2ccc(Cl)cc2)c(F)c1. The summed E-state index contributed by atoms with van der Waals surface area (Å²) in [6.07, 6.45) is 0.153. The Morgan fingerprint density at radius 3 is 2.37 bits per heavy atom. The molecule has 10 heteroatoms. The smallest absolute Gasteiger partial charge is 0.249 e. The van der Waals surface area contributed by atoms with Crippen LogP contribution in [0.4, 0.5) is 13.2 Å². The summed E-state index contributed by atoms with van der Waals surface area (Å²) in [5.41, 5.74) is 1.11. The number of halogens is 4. The molecule has 2 N–H and O–H groups in total. The minimum Gasteiger partial charge on any atom is -0.497 e. The molecule has 2 unspecified atom stereocenters. The van der Waals surface area contributed by atoms with Gasteiger partial charge in [-0.3, -0.25) is 14.5 Å². The van der Waals surface area contributed by atoms with Crippen molar-refractivity contribution < 1.29 is 27.5 Å². The molecular weight excluding hydrogens is 555 g/mol. The van der Waals surface area contributed by atoms with Gasteiger partial charge < -0.3 is 15.4 Å². The maximum atomic E-state index is 15.0. The lowest BCUT2D eigenvalue weighted by Crippen LogP contribution is -2.46. The van der Waals surface area contributed by atoms with Crippen LogP contribution in [0.15, 0.2) is 42.5 Å². The zero-order valence-electron chi connectivity index (χ0n) is 24.0. The van der Waals surface area contributed by atoms with Crippen LogP contribution in [0.5, 0.6) is 5.75 Å². The highest BCUT2D eigenvalue weighted by atomic mass is 35.5. The molecule has 0 bridgehead atoms. The minimum absolute atomic E-state index is 0.152. The van der Waals surface area contributed by atoms with E-state index in [-0.39, 0.29) is 17.4 Å². The van der Waals surface area contributed by atoms with Crippen molar-refractivity contribution in [2.45, 2.75) is 69.9 Å². The average molecular weight is 594 g/mol. The standard InChI is InChI=1S/C31H39ClF3N3O3/c1-30(2,3)38-17-24(23-12-11-22(41-4)14-26(23)33)25(18-38)29(40)36-13-5-6-27(19-7-9-21(32)10-8-19)37-28(39)20-15-31(34,35)16-20/h7-12,14,20,24-25,27H,5-6,13,15-18H2,1-4H3,(H,36,40)(H,37,39)/t24?,25-,27?/m1/s1. The van der Waals surface area contributed by atoms with Crippen molar-refractivity contribution in [3.05, 3.63) is 64.4 Å². The Bertz CT molecular complexity index is 1230. The van der Waals surface area contributed by atoms with E-state index in [4.69, 9.17) is 16.3 Å². The zero-order chi connectivity index (χ0) is 29.9. The third-order valence-electron chi connectivity index (χ3n) is 8.23. The predicted molar refractivity (Wildman–Crippen MR) is 153 cm³/mol. The number of hydrogen-bond donors (Lipinski definition) is 2. The first-order chi connectivity index (χ1) is 19.3. The van der Waals surface area contributed by atoms with Crippen LogP contribution in [0.1, 0.15) is 69.5 Å². The summed E-state index contributed by atoms with van der Waals surface area (Å²) in [5.74, 6) is -4.76. The molecular formula is C31H39ClF3N3O3. The highest BCUT2D eigenvalue weighted by molar-refractivity contribution is 6.30. The van der Waals surface area contributed by atoms with E-state index in [1.54, 1.807) is 36.4 Å². The van der Waals surface area contributed by atoms with Gasteiger partial charge >= 0.3 is 0 Å². The van der Waals surface area contributed by atoms with E-state index in [9.17, 15) is 18.4 Å². The van der Waals surface area contributed by atoms with Crippen molar-refractivity contribution in [2.24, 2.45) is 11.8 Å². The molecule has 224 valence electrons. The van der Waals surface area contributed by atoms with Crippen molar-refractivity contribution in [2.75, 3.05) is 26.7 Å². The number of nitrogens with zero attached hydrogens (tertiary/aromatic N) is 1.